The molecule has 2 rings (SSSR count). The SMILES string of the molecule is C[NH+](C)[C@H](CNC(=O)CSc1ncccn1)c1ccccc1. The van der Waals surface area contributed by atoms with Crippen LogP contribution in [0.1, 0.15) is 11.6 Å². The largest absolute Gasteiger partial charge is 0.349 e. The quantitative estimate of drug-likeness (QED) is 0.579. The van der Waals surface area contributed by atoms with E-state index < -0.39 is 0 Å². The van der Waals surface area contributed by atoms with E-state index in [4.69, 9.17) is 0 Å². The number of quaternary nitrogens is 1. The Balaban J connectivity index is 1.83. The molecule has 0 bridgehead atoms. The Morgan fingerprint density at radius 1 is 1.18 bits per heavy atom. The van der Waals surface area contributed by atoms with Gasteiger partial charge in [-0.1, -0.05) is 42.1 Å². The molecule has 0 aliphatic carbocycles. The molecule has 116 valence electrons. The van der Waals surface area contributed by atoms with Crippen molar-refractivity contribution < 1.29 is 9.69 Å². The molecule has 1 aromatic heterocycles. The van der Waals surface area contributed by atoms with E-state index in [-0.39, 0.29) is 11.9 Å². The lowest BCUT2D eigenvalue weighted by Gasteiger charge is -2.22. The highest BCUT2D eigenvalue weighted by atomic mass is 32.2. The van der Waals surface area contributed by atoms with E-state index in [1.807, 2.05) is 18.2 Å². The lowest BCUT2D eigenvalue weighted by molar-refractivity contribution is -0.890. The van der Waals surface area contributed by atoms with Gasteiger partial charge in [0.1, 0.15) is 6.04 Å². The predicted molar refractivity (Wildman–Crippen MR) is 87.8 cm³/mol. The first-order valence-corrected chi connectivity index (χ1v) is 8.17. The van der Waals surface area contributed by atoms with Crippen molar-refractivity contribution in [2.24, 2.45) is 0 Å². The Bertz CT molecular complexity index is 577. The van der Waals surface area contributed by atoms with Gasteiger partial charge < -0.3 is 10.2 Å². The Labute approximate surface area is 135 Å². The highest BCUT2D eigenvalue weighted by Gasteiger charge is 2.18. The van der Waals surface area contributed by atoms with E-state index in [2.05, 4.69) is 41.5 Å². The van der Waals surface area contributed by atoms with Crippen LogP contribution in [0, 0.1) is 0 Å². The molecule has 0 fully saturated rings. The van der Waals surface area contributed by atoms with E-state index in [9.17, 15) is 4.79 Å². The second-order valence-electron chi connectivity index (χ2n) is 5.16. The fourth-order valence-corrected chi connectivity index (χ4v) is 2.73. The zero-order valence-electron chi connectivity index (χ0n) is 12.8. The molecule has 22 heavy (non-hydrogen) atoms. The number of thioether (sulfide) groups is 1. The van der Waals surface area contributed by atoms with E-state index in [1.54, 1.807) is 18.5 Å². The molecule has 1 atom stereocenters. The maximum absolute atomic E-state index is 12.0. The molecule has 1 aromatic carbocycles. The van der Waals surface area contributed by atoms with Crippen LogP contribution in [-0.2, 0) is 4.79 Å². The third kappa shape index (κ3) is 5.13. The van der Waals surface area contributed by atoms with Gasteiger partial charge in [0.05, 0.1) is 26.4 Å². The van der Waals surface area contributed by atoms with Gasteiger partial charge in [-0.05, 0) is 6.07 Å². The number of hydrogen-bond donors (Lipinski definition) is 2. The summed E-state index contributed by atoms with van der Waals surface area (Å²) in [4.78, 5) is 21.4. The summed E-state index contributed by atoms with van der Waals surface area (Å²) in [6.45, 7) is 0.612. The van der Waals surface area contributed by atoms with Crippen molar-refractivity contribution in [1.82, 2.24) is 15.3 Å². The van der Waals surface area contributed by atoms with Crippen molar-refractivity contribution in [1.29, 1.82) is 0 Å². The summed E-state index contributed by atoms with van der Waals surface area (Å²) in [6, 6.07) is 12.2. The van der Waals surface area contributed by atoms with Crippen LogP contribution in [0.4, 0.5) is 0 Å². The molecule has 2 N–H and O–H groups in total. The third-order valence-electron chi connectivity index (χ3n) is 3.28. The number of benzene rings is 1. The molecule has 0 unspecified atom stereocenters. The second kappa shape index (κ2) is 8.51. The van der Waals surface area contributed by atoms with Crippen LogP contribution < -0.4 is 10.2 Å². The average molecular weight is 317 g/mol. The minimum Gasteiger partial charge on any atom is -0.349 e. The topological polar surface area (TPSA) is 59.3 Å². The molecule has 5 nitrogen and oxygen atoms in total. The van der Waals surface area contributed by atoms with Gasteiger partial charge in [-0.2, -0.15) is 0 Å². The molecule has 2 aromatic rings. The molecule has 6 heteroatoms. The van der Waals surface area contributed by atoms with Crippen molar-refractivity contribution in [3.63, 3.8) is 0 Å². The number of nitrogens with zero attached hydrogens (tertiary/aromatic N) is 2. The van der Waals surface area contributed by atoms with Gasteiger partial charge >= 0.3 is 0 Å². The molecular weight excluding hydrogens is 296 g/mol. The number of nitrogens with one attached hydrogen (secondary N) is 2. The Kier molecular flexibility index (Phi) is 6.36. The van der Waals surface area contributed by atoms with E-state index >= 15 is 0 Å². The van der Waals surface area contributed by atoms with E-state index in [0.717, 1.165) is 0 Å². The molecule has 0 aliphatic rings. The smallest absolute Gasteiger partial charge is 0.230 e. The zero-order chi connectivity index (χ0) is 15.8. The second-order valence-corrected chi connectivity index (χ2v) is 6.11. The number of carbonyl (C=O) groups excluding carboxylic acids is 1. The van der Waals surface area contributed by atoms with Crippen molar-refractivity contribution in [3.05, 3.63) is 54.4 Å². The highest BCUT2D eigenvalue weighted by molar-refractivity contribution is 7.99. The Morgan fingerprint density at radius 3 is 2.50 bits per heavy atom. The third-order valence-corrected chi connectivity index (χ3v) is 4.15. The number of hydrogen-bond acceptors (Lipinski definition) is 4. The minimum atomic E-state index is -0.000339. The highest BCUT2D eigenvalue weighted by Crippen LogP contribution is 2.11. The number of aromatic nitrogens is 2. The van der Waals surface area contributed by atoms with Gasteiger partial charge in [-0.15, -0.1) is 0 Å². The number of carbonyl (C=O) groups is 1. The van der Waals surface area contributed by atoms with E-state index in [1.165, 1.54) is 22.2 Å². The number of amides is 1. The first-order chi connectivity index (χ1) is 10.7. The molecule has 0 radical (unpaired) electrons. The van der Waals surface area contributed by atoms with E-state index in [0.29, 0.717) is 17.5 Å². The molecule has 1 amide bonds. The van der Waals surface area contributed by atoms with Crippen molar-refractivity contribution >= 4 is 17.7 Å². The van der Waals surface area contributed by atoms with Crippen LogP contribution in [-0.4, -0.2) is 42.3 Å². The van der Waals surface area contributed by atoms with Crippen LogP contribution in [0.5, 0.6) is 0 Å². The summed E-state index contributed by atoms with van der Waals surface area (Å²) in [6.07, 6.45) is 3.35. The summed E-state index contributed by atoms with van der Waals surface area (Å²) >= 11 is 1.34. The number of rotatable bonds is 7. The number of likely N-dealkylation sites (N-methyl/N-ethyl adjacent to an activating group) is 1. The summed E-state index contributed by atoms with van der Waals surface area (Å²) in [5.74, 6) is 0.327. The summed E-state index contributed by atoms with van der Waals surface area (Å²) in [5, 5.41) is 3.62. The van der Waals surface area contributed by atoms with Crippen molar-refractivity contribution in [3.8, 4) is 0 Å². The Morgan fingerprint density at radius 2 is 1.86 bits per heavy atom. The van der Waals surface area contributed by atoms with Gasteiger partial charge in [0.15, 0.2) is 5.16 Å². The van der Waals surface area contributed by atoms with Crippen molar-refractivity contribution in [2.75, 3.05) is 26.4 Å². The first-order valence-electron chi connectivity index (χ1n) is 7.18. The van der Waals surface area contributed by atoms with Crippen LogP contribution >= 0.6 is 11.8 Å². The first kappa shape index (κ1) is 16.5. The summed E-state index contributed by atoms with van der Waals surface area (Å²) in [5.41, 5.74) is 1.22. The molecule has 0 saturated carbocycles. The van der Waals surface area contributed by atoms with Gasteiger partial charge in [0, 0.05) is 18.0 Å². The van der Waals surface area contributed by atoms with Crippen molar-refractivity contribution in [2.45, 2.75) is 11.2 Å². The van der Waals surface area contributed by atoms with Crippen LogP contribution in [0.3, 0.4) is 0 Å². The maximum Gasteiger partial charge on any atom is 0.230 e. The van der Waals surface area contributed by atoms with Gasteiger partial charge in [0.2, 0.25) is 5.91 Å². The molecule has 0 saturated heterocycles. The minimum absolute atomic E-state index is 0.000339. The average Bonchev–Trinajstić information content (AvgIpc) is 2.55. The van der Waals surface area contributed by atoms with Gasteiger partial charge in [-0.25, -0.2) is 9.97 Å². The lowest BCUT2D eigenvalue weighted by Crippen LogP contribution is -3.07. The molecule has 1 heterocycles. The standard InChI is InChI=1S/C16H20N4OS/c1-20(2)14(13-7-4-3-5-8-13)11-19-15(21)12-22-16-17-9-6-10-18-16/h3-10,14H,11-12H2,1-2H3,(H,19,21)/p+1/t14-/m1/s1. The summed E-state index contributed by atoms with van der Waals surface area (Å²) in [7, 11) is 4.19. The Hall–Kier alpha value is -1.92. The van der Waals surface area contributed by atoms with Crippen LogP contribution in [0.2, 0.25) is 0 Å². The maximum atomic E-state index is 12.0. The fourth-order valence-electron chi connectivity index (χ4n) is 2.10. The van der Waals surface area contributed by atoms with Gasteiger partial charge in [-0.3, -0.25) is 4.79 Å². The molecule has 0 spiro atoms. The predicted octanol–water partition coefficient (Wildman–Crippen LogP) is 0.571. The monoisotopic (exact) mass is 317 g/mol. The van der Waals surface area contributed by atoms with Crippen LogP contribution in [0.25, 0.3) is 0 Å². The van der Waals surface area contributed by atoms with Gasteiger partial charge in [0.25, 0.3) is 0 Å². The molecule has 0 aliphatic heterocycles. The van der Waals surface area contributed by atoms with Crippen LogP contribution in [0.15, 0.2) is 53.9 Å². The summed E-state index contributed by atoms with van der Waals surface area (Å²) < 4.78 is 0. The normalized spacial score (nSPS) is 12.1. The lowest BCUT2D eigenvalue weighted by atomic mass is 10.1. The fraction of sp³-hybridized carbons (Fsp3) is 0.312. The molecular formula is C16H21N4OS+. The zero-order valence-corrected chi connectivity index (χ0v) is 13.6.